The van der Waals surface area contributed by atoms with E-state index in [-0.39, 0.29) is 24.2 Å². The van der Waals surface area contributed by atoms with Crippen LogP contribution < -0.4 is 21.9 Å². The standard InChI is InChI=1S/C9H15FN6O/c1-2-3-12-7(17)5-13-8-6(10)4-14-9(15-8)16-11/h4H,2-3,5,11H2,1H3,(H,12,17)(H2,13,14,15,16). The Balaban J connectivity index is 2.53. The zero-order chi connectivity index (χ0) is 12.7. The third-order valence-corrected chi connectivity index (χ3v) is 1.86. The highest BCUT2D eigenvalue weighted by molar-refractivity contribution is 5.80. The molecular formula is C9H15FN6O. The number of nitrogen functional groups attached to an aromatic ring is 1. The molecule has 0 unspecified atom stereocenters. The Morgan fingerprint density at radius 1 is 1.59 bits per heavy atom. The fourth-order valence-corrected chi connectivity index (χ4v) is 1.05. The van der Waals surface area contributed by atoms with Gasteiger partial charge in [0.15, 0.2) is 11.6 Å². The van der Waals surface area contributed by atoms with Crippen LogP contribution in [0, 0.1) is 5.82 Å². The molecule has 0 radical (unpaired) electrons. The molecule has 1 rings (SSSR count). The molecule has 0 bridgehead atoms. The average molecular weight is 242 g/mol. The second kappa shape index (κ2) is 6.59. The highest BCUT2D eigenvalue weighted by Gasteiger charge is 2.07. The molecule has 0 saturated heterocycles. The summed E-state index contributed by atoms with van der Waals surface area (Å²) in [5, 5.41) is 5.21. The Labute approximate surface area is 98.0 Å². The van der Waals surface area contributed by atoms with Crippen molar-refractivity contribution in [3.05, 3.63) is 12.0 Å². The molecule has 1 amide bonds. The van der Waals surface area contributed by atoms with Crippen LogP contribution >= 0.6 is 0 Å². The van der Waals surface area contributed by atoms with Gasteiger partial charge in [0.1, 0.15) is 0 Å². The molecule has 0 saturated carbocycles. The molecule has 5 N–H and O–H groups in total. The maximum Gasteiger partial charge on any atom is 0.239 e. The summed E-state index contributed by atoms with van der Waals surface area (Å²) in [4.78, 5) is 18.6. The van der Waals surface area contributed by atoms with Gasteiger partial charge >= 0.3 is 0 Å². The number of nitrogens with one attached hydrogen (secondary N) is 3. The lowest BCUT2D eigenvalue weighted by Crippen LogP contribution is -2.30. The van der Waals surface area contributed by atoms with Gasteiger partial charge in [-0.15, -0.1) is 0 Å². The van der Waals surface area contributed by atoms with Crippen molar-refractivity contribution in [1.82, 2.24) is 15.3 Å². The molecule has 0 aromatic carbocycles. The van der Waals surface area contributed by atoms with Gasteiger partial charge in [-0.25, -0.2) is 15.2 Å². The topological polar surface area (TPSA) is 105 Å². The molecule has 0 aliphatic heterocycles. The number of halogens is 1. The van der Waals surface area contributed by atoms with Crippen molar-refractivity contribution in [2.24, 2.45) is 5.84 Å². The van der Waals surface area contributed by atoms with Crippen molar-refractivity contribution >= 4 is 17.7 Å². The largest absolute Gasteiger partial charge is 0.358 e. The molecule has 0 fully saturated rings. The minimum absolute atomic E-state index is 0.0576. The fraction of sp³-hybridized carbons (Fsp3) is 0.444. The van der Waals surface area contributed by atoms with E-state index in [0.717, 1.165) is 12.6 Å². The Kier molecular flexibility index (Phi) is 5.08. The maximum atomic E-state index is 13.2. The molecule has 8 heteroatoms. The predicted octanol–water partition coefficient (Wildman–Crippen LogP) is -0.161. The van der Waals surface area contributed by atoms with E-state index in [1.807, 2.05) is 6.92 Å². The normalized spacial score (nSPS) is 9.82. The number of nitrogens with two attached hydrogens (primary N) is 1. The monoisotopic (exact) mass is 242 g/mol. The van der Waals surface area contributed by atoms with Crippen LogP contribution in [0.25, 0.3) is 0 Å². The van der Waals surface area contributed by atoms with Gasteiger partial charge in [-0.3, -0.25) is 10.2 Å². The summed E-state index contributed by atoms with van der Waals surface area (Å²) in [6, 6.07) is 0. The minimum atomic E-state index is -0.646. The summed E-state index contributed by atoms with van der Waals surface area (Å²) in [5.41, 5.74) is 2.19. The first-order valence-corrected chi connectivity index (χ1v) is 5.17. The number of nitrogens with zero attached hydrogens (tertiary/aromatic N) is 2. The van der Waals surface area contributed by atoms with Gasteiger partial charge in [0.2, 0.25) is 11.9 Å². The van der Waals surface area contributed by atoms with Crippen molar-refractivity contribution in [3.8, 4) is 0 Å². The predicted molar refractivity (Wildman–Crippen MR) is 61.6 cm³/mol. The number of carbonyl (C=O) groups is 1. The number of hydrogen-bond donors (Lipinski definition) is 4. The summed E-state index contributed by atoms with van der Waals surface area (Å²) in [6.07, 6.45) is 1.81. The molecule has 0 aliphatic rings. The number of hydrazine groups is 1. The molecule has 1 heterocycles. The van der Waals surface area contributed by atoms with Crippen molar-refractivity contribution in [3.63, 3.8) is 0 Å². The quantitative estimate of drug-likeness (QED) is 0.408. The molecule has 0 aliphatic carbocycles. The van der Waals surface area contributed by atoms with Gasteiger partial charge in [-0.2, -0.15) is 4.98 Å². The van der Waals surface area contributed by atoms with Gasteiger partial charge in [-0.05, 0) is 6.42 Å². The van der Waals surface area contributed by atoms with Crippen LogP contribution in [0.2, 0.25) is 0 Å². The second-order valence-corrected chi connectivity index (χ2v) is 3.24. The van der Waals surface area contributed by atoms with Crippen LogP contribution in [0.5, 0.6) is 0 Å². The number of aromatic nitrogens is 2. The SMILES string of the molecule is CCCNC(=O)CNc1nc(NN)ncc1F. The summed E-state index contributed by atoms with van der Waals surface area (Å²) in [6.45, 7) is 2.47. The molecule has 1 aromatic heterocycles. The van der Waals surface area contributed by atoms with Crippen LogP contribution in [0.1, 0.15) is 13.3 Å². The first-order chi connectivity index (χ1) is 8.17. The van der Waals surface area contributed by atoms with E-state index in [2.05, 4.69) is 26.0 Å². The van der Waals surface area contributed by atoms with Gasteiger partial charge in [0.05, 0.1) is 12.7 Å². The molecule has 0 spiro atoms. The molecule has 17 heavy (non-hydrogen) atoms. The van der Waals surface area contributed by atoms with E-state index in [1.165, 1.54) is 0 Å². The van der Waals surface area contributed by atoms with Crippen LogP contribution in [0.4, 0.5) is 16.2 Å². The van der Waals surface area contributed by atoms with E-state index in [0.29, 0.717) is 6.54 Å². The van der Waals surface area contributed by atoms with E-state index in [1.54, 1.807) is 0 Å². The number of rotatable bonds is 6. The molecule has 0 atom stereocenters. The number of carbonyl (C=O) groups excluding carboxylic acids is 1. The number of amides is 1. The Morgan fingerprint density at radius 3 is 3.00 bits per heavy atom. The van der Waals surface area contributed by atoms with Gasteiger partial charge in [0, 0.05) is 6.54 Å². The van der Waals surface area contributed by atoms with Gasteiger partial charge < -0.3 is 10.6 Å². The summed E-state index contributed by atoms with van der Waals surface area (Å²) < 4.78 is 13.2. The summed E-state index contributed by atoms with van der Waals surface area (Å²) in [7, 11) is 0. The van der Waals surface area contributed by atoms with E-state index < -0.39 is 5.82 Å². The van der Waals surface area contributed by atoms with E-state index in [4.69, 9.17) is 5.84 Å². The minimum Gasteiger partial charge on any atom is -0.358 e. The zero-order valence-electron chi connectivity index (χ0n) is 9.46. The van der Waals surface area contributed by atoms with Crippen molar-refractivity contribution in [2.75, 3.05) is 23.8 Å². The molecular weight excluding hydrogens is 227 g/mol. The average Bonchev–Trinajstić information content (AvgIpc) is 2.35. The lowest BCUT2D eigenvalue weighted by molar-refractivity contribution is -0.119. The number of hydrogen-bond acceptors (Lipinski definition) is 6. The smallest absolute Gasteiger partial charge is 0.239 e. The summed E-state index contributed by atoms with van der Waals surface area (Å²) >= 11 is 0. The van der Waals surface area contributed by atoms with Crippen molar-refractivity contribution in [1.29, 1.82) is 0 Å². The van der Waals surface area contributed by atoms with Crippen LogP contribution in [0.3, 0.4) is 0 Å². The van der Waals surface area contributed by atoms with Crippen LogP contribution in [-0.4, -0.2) is 29.0 Å². The van der Waals surface area contributed by atoms with Crippen molar-refractivity contribution in [2.45, 2.75) is 13.3 Å². The Hall–Kier alpha value is -1.96. The second-order valence-electron chi connectivity index (χ2n) is 3.24. The first kappa shape index (κ1) is 13.1. The van der Waals surface area contributed by atoms with Crippen LogP contribution in [-0.2, 0) is 4.79 Å². The maximum absolute atomic E-state index is 13.2. The third kappa shape index (κ3) is 4.19. The first-order valence-electron chi connectivity index (χ1n) is 5.17. The molecule has 1 aromatic rings. The lowest BCUT2D eigenvalue weighted by Gasteiger charge is -2.07. The number of anilines is 2. The molecule has 94 valence electrons. The Morgan fingerprint density at radius 2 is 2.35 bits per heavy atom. The highest BCUT2D eigenvalue weighted by atomic mass is 19.1. The highest BCUT2D eigenvalue weighted by Crippen LogP contribution is 2.10. The van der Waals surface area contributed by atoms with Crippen molar-refractivity contribution < 1.29 is 9.18 Å². The van der Waals surface area contributed by atoms with Gasteiger partial charge in [0.25, 0.3) is 0 Å². The van der Waals surface area contributed by atoms with Gasteiger partial charge in [-0.1, -0.05) is 6.92 Å². The third-order valence-electron chi connectivity index (χ3n) is 1.86. The fourth-order valence-electron chi connectivity index (χ4n) is 1.05. The van der Waals surface area contributed by atoms with Crippen LogP contribution in [0.15, 0.2) is 6.20 Å². The summed E-state index contributed by atoms with van der Waals surface area (Å²) in [5.74, 6) is 4.21. The zero-order valence-corrected chi connectivity index (χ0v) is 9.46. The molecule has 7 nitrogen and oxygen atoms in total. The Bertz CT molecular complexity index is 386. The van der Waals surface area contributed by atoms with E-state index in [9.17, 15) is 9.18 Å². The lowest BCUT2D eigenvalue weighted by atomic mass is 10.4. The van der Waals surface area contributed by atoms with E-state index >= 15 is 0 Å².